The first-order valence-electron chi connectivity index (χ1n) is 7.56. The third-order valence-electron chi connectivity index (χ3n) is 3.45. The molecule has 0 unspecified atom stereocenters. The molecule has 1 aromatic heterocycles. The number of ether oxygens (including phenoxy) is 1. The zero-order valence-electron chi connectivity index (χ0n) is 14.2. The predicted molar refractivity (Wildman–Crippen MR) is 93.0 cm³/mol. The number of fused-ring (bicyclic) bond motifs is 1. The number of halogens is 2. The Hall–Kier alpha value is -3.14. The number of hydrogen-bond donors (Lipinski definition) is 1. The molecule has 1 N–H and O–H groups in total. The molecule has 0 aliphatic carbocycles. The van der Waals surface area contributed by atoms with E-state index in [0.717, 1.165) is 6.26 Å². The molecule has 0 aliphatic heterocycles. The third-order valence-corrected chi connectivity index (χ3v) is 4.01. The number of aryl methyl sites for hydroxylation is 1. The van der Waals surface area contributed by atoms with Crippen molar-refractivity contribution in [3.8, 4) is 11.6 Å². The maximum Gasteiger partial charge on any atom is 0.267 e. The quantitative estimate of drug-likeness (QED) is 0.732. The number of aromatic nitrogens is 2. The third kappa shape index (κ3) is 4.17. The Labute approximate surface area is 153 Å². The van der Waals surface area contributed by atoms with Crippen molar-refractivity contribution in [2.45, 2.75) is 6.92 Å². The van der Waals surface area contributed by atoms with Gasteiger partial charge in [0, 0.05) is 6.07 Å². The van der Waals surface area contributed by atoms with Crippen LogP contribution < -0.4 is 9.46 Å². The lowest BCUT2D eigenvalue weighted by molar-refractivity contribution is 0.0977. The normalized spacial score (nSPS) is 11.4. The molecule has 0 bridgehead atoms. The number of amides is 1. The lowest BCUT2D eigenvalue weighted by Gasteiger charge is -2.11. The first-order valence-corrected chi connectivity index (χ1v) is 9.45. The standard InChI is InChI=1S/C17H13F2N3O4S/c1-9-17(21-14-6-4-3-5-13(14)20-9)26-15-8-11(18)10(7-12(15)19)16(23)22-27(2,24)25/h3-8H,1-2H3,(H,22,23). The average molecular weight is 393 g/mol. The zero-order chi connectivity index (χ0) is 19.8. The highest BCUT2D eigenvalue weighted by molar-refractivity contribution is 7.89. The molecule has 0 radical (unpaired) electrons. The van der Waals surface area contributed by atoms with Crippen LogP contribution in [0.3, 0.4) is 0 Å². The molecule has 0 spiro atoms. The van der Waals surface area contributed by atoms with Gasteiger partial charge >= 0.3 is 0 Å². The first kappa shape index (κ1) is 18.6. The van der Waals surface area contributed by atoms with Crippen LogP contribution in [-0.2, 0) is 10.0 Å². The molecular formula is C17H13F2N3O4S. The molecule has 10 heteroatoms. The fraction of sp³-hybridized carbons (Fsp3) is 0.118. The van der Waals surface area contributed by atoms with Gasteiger partial charge in [-0.2, -0.15) is 0 Å². The second-order valence-electron chi connectivity index (χ2n) is 5.67. The van der Waals surface area contributed by atoms with Gasteiger partial charge in [0.05, 0.1) is 22.9 Å². The maximum absolute atomic E-state index is 14.3. The second-order valence-corrected chi connectivity index (χ2v) is 7.42. The average Bonchev–Trinajstić information content (AvgIpc) is 2.56. The number of benzene rings is 2. The highest BCUT2D eigenvalue weighted by Crippen LogP contribution is 2.28. The summed E-state index contributed by atoms with van der Waals surface area (Å²) in [5.74, 6) is -4.05. The number of rotatable bonds is 4. The fourth-order valence-corrected chi connectivity index (χ4v) is 2.72. The molecule has 0 fully saturated rings. The Balaban J connectivity index is 1.96. The molecule has 1 amide bonds. The summed E-state index contributed by atoms with van der Waals surface area (Å²) in [6.45, 7) is 1.59. The van der Waals surface area contributed by atoms with Gasteiger partial charge in [-0.15, -0.1) is 0 Å². The number of carbonyl (C=O) groups excluding carboxylic acids is 1. The summed E-state index contributed by atoms with van der Waals surface area (Å²) < 4.78 is 57.5. The van der Waals surface area contributed by atoms with Crippen LogP contribution >= 0.6 is 0 Å². The van der Waals surface area contributed by atoms with Crippen molar-refractivity contribution >= 4 is 27.0 Å². The molecular weight excluding hydrogens is 380 g/mol. The highest BCUT2D eigenvalue weighted by Gasteiger charge is 2.20. The van der Waals surface area contributed by atoms with E-state index in [1.165, 1.54) is 0 Å². The van der Waals surface area contributed by atoms with Crippen LogP contribution in [0.1, 0.15) is 16.1 Å². The number of nitrogens with zero attached hydrogens (tertiary/aromatic N) is 2. The van der Waals surface area contributed by atoms with Gasteiger partial charge in [0.25, 0.3) is 5.91 Å². The summed E-state index contributed by atoms with van der Waals surface area (Å²) in [6.07, 6.45) is 0.720. The summed E-state index contributed by atoms with van der Waals surface area (Å²) in [7, 11) is -3.92. The first-order chi connectivity index (χ1) is 12.6. The highest BCUT2D eigenvalue weighted by atomic mass is 32.2. The van der Waals surface area contributed by atoms with Crippen LogP contribution in [0.5, 0.6) is 11.6 Å². The monoisotopic (exact) mass is 393 g/mol. The maximum atomic E-state index is 14.3. The summed E-state index contributed by atoms with van der Waals surface area (Å²) in [4.78, 5) is 20.2. The predicted octanol–water partition coefficient (Wildman–Crippen LogP) is 2.70. The van der Waals surface area contributed by atoms with Crippen LogP contribution in [0.2, 0.25) is 0 Å². The molecule has 2 aromatic carbocycles. The number of para-hydroxylation sites is 2. The van der Waals surface area contributed by atoms with E-state index in [2.05, 4.69) is 9.97 Å². The minimum Gasteiger partial charge on any atom is -0.434 e. The molecule has 3 rings (SSSR count). The summed E-state index contributed by atoms with van der Waals surface area (Å²) in [5, 5.41) is 0. The van der Waals surface area contributed by atoms with Crippen molar-refractivity contribution in [3.05, 3.63) is 59.3 Å². The van der Waals surface area contributed by atoms with Gasteiger partial charge in [0.1, 0.15) is 11.5 Å². The Kier molecular flexibility index (Phi) is 4.75. The van der Waals surface area contributed by atoms with E-state index in [1.54, 1.807) is 35.9 Å². The summed E-state index contributed by atoms with van der Waals surface area (Å²) >= 11 is 0. The Bertz CT molecular complexity index is 1170. The fourth-order valence-electron chi connectivity index (χ4n) is 2.28. The van der Waals surface area contributed by atoms with Crippen molar-refractivity contribution in [2.75, 3.05) is 6.26 Å². The molecule has 0 aliphatic rings. The van der Waals surface area contributed by atoms with Gasteiger partial charge in [-0.25, -0.2) is 31.9 Å². The van der Waals surface area contributed by atoms with Crippen molar-refractivity contribution in [1.29, 1.82) is 0 Å². The second kappa shape index (κ2) is 6.88. The van der Waals surface area contributed by atoms with Gasteiger partial charge in [0.15, 0.2) is 11.6 Å². The number of carbonyl (C=O) groups is 1. The van der Waals surface area contributed by atoms with E-state index in [1.807, 2.05) is 0 Å². The van der Waals surface area contributed by atoms with E-state index in [9.17, 15) is 22.0 Å². The van der Waals surface area contributed by atoms with Crippen LogP contribution in [-0.4, -0.2) is 30.5 Å². The lowest BCUT2D eigenvalue weighted by Crippen LogP contribution is -2.30. The molecule has 27 heavy (non-hydrogen) atoms. The minimum absolute atomic E-state index is 0.0275. The van der Waals surface area contributed by atoms with Gasteiger partial charge in [-0.1, -0.05) is 12.1 Å². The molecule has 1 heterocycles. The van der Waals surface area contributed by atoms with E-state index in [-0.39, 0.29) is 5.88 Å². The van der Waals surface area contributed by atoms with Crippen molar-refractivity contribution in [3.63, 3.8) is 0 Å². The topological polar surface area (TPSA) is 98.2 Å². The van der Waals surface area contributed by atoms with Gasteiger partial charge in [-0.3, -0.25) is 4.79 Å². The van der Waals surface area contributed by atoms with Crippen LogP contribution in [0, 0.1) is 18.6 Å². The molecule has 3 aromatic rings. The Morgan fingerprint density at radius 2 is 1.70 bits per heavy atom. The smallest absolute Gasteiger partial charge is 0.267 e. The molecule has 7 nitrogen and oxygen atoms in total. The van der Waals surface area contributed by atoms with Gasteiger partial charge < -0.3 is 4.74 Å². The Morgan fingerprint density at radius 1 is 1.07 bits per heavy atom. The van der Waals surface area contributed by atoms with Crippen molar-refractivity contribution in [2.24, 2.45) is 0 Å². The molecule has 0 saturated carbocycles. The van der Waals surface area contributed by atoms with Crippen LogP contribution in [0.15, 0.2) is 36.4 Å². The SMILES string of the molecule is Cc1nc2ccccc2nc1Oc1cc(F)c(C(=O)NS(C)(=O)=O)cc1F. The van der Waals surface area contributed by atoms with Crippen LogP contribution in [0.4, 0.5) is 8.78 Å². The van der Waals surface area contributed by atoms with E-state index >= 15 is 0 Å². The summed E-state index contributed by atoms with van der Waals surface area (Å²) in [5.41, 5.74) is 0.698. The molecule has 0 atom stereocenters. The number of sulfonamides is 1. The van der Waals surface area contributed by atoms with Crippen molar-refractivity contribution in [1.82, 2.24) is 14.7 Å². The van der Waals surface area contributed by atoms with Gasteiger partial charge in [-0.05, 0) is 25.1 Å². The van der Waals surface area contributed by atoms with E-state index in [4.69, 9.17) is 4.74 Å². The molecule has 140 valence electrons. The number of nitrogens with one attached hydrogen (secondary N) is 1. The molecule has 0 saturated heterocycles. The lowest BCUT2D eigenvalue weighted by atomic mass is 10.2. The van der Waals surface area contributed by atoms with Gasteiger partial charge in [0.2, 0.25) is 15.9 Å². The largest absolute Gasteiger partial charge is 0.434 e. The van der Waals surface area contributed by atoms with E-state index < -0.39 is 38.9 Å². The number of hydrogen-bond acceptors (Lipinski definition) is 6. The van der Waals surface area contributed by atoms with Crippen LogP contribution in [0.25, 0.3) is 11.0 Å². The van der Waals surface area contributed by atoms with Crippen molar-refractivity contribution < 1.29 is 26.7 Å². The van der Waals surface area contributed by atoms with E-state index in [0.29, 0.717) is 28.9 Å². The summed E-state index contributed by atoms with van der Waals surface area (Å²) in [6, 6.07) is 8.15. The Morgan fingerprint density at radius 3 is 2.33 bits per heavy atom. The zero-order valence-corrected chi connectivity index (χ0v) is 15.0. The minimum atomic E-state index is -3.92.